The van der Waals surface area contributed by atoms with Crippen LogP contribution in [-0.4, -0.2) is 85.1 Å². The number of carbonyl (C=O) groups excluding carboxylic acids is 3. The number of carbonyl (C=O) groups is 3. The monoisotopic (exact) mass is 644 g/mol. The molecule has 2 aliphatic heterocycles. The van der Waals surface area contributed by atoms with E-state index in [4.69, 9.17) is 4.74 Å². The van der Waals surface area contributed by atoms with Crippen molar-refractivity contribution in [1.29, 1.82) is 0 Å². The molecule has 3 fully saturated rings. The van der Waals surface area contributed by atoms with Crippen LogP contribution >= 0.6 is 0 Å². The van der Waals surface area contributed by atoms with Crippen molar-refractivity contribution in [2.75, 3.05) is 31.9 Å². The topological polar surface area (TPSA) is 125 Å². The first kappa shape index (κ1) is 33.9. The molecular formula is C34H52N4O6S. The summed E-state index contributed by atoms with van der Waals surface area (Å²) < 4.78 is 35.6. The Bertz CT molecular complexity index is 1430. The summed E-state index contributed by atoms with van der Waals surface area (Å²) in [6, 6.07) is 6.65. The van der Waals surface area contributed by atoms with Crippen LogP contribution < -0.4 is 10.6 Å². The van der Waals surface area contributed by atoms with Crippen molar-refractivity contribution in [1.82, 2.24) is 19.8 Å². The molecule has 0 radical (unpaired) electrons. The minimum Gasteiger partial charge on any atom is -0.459 e. The van der Waals surface area contributed by atoms with E-state index in [2.05, 4.69) is 55.7 Å². The Hall–Kier alpha value is -2.50. The van der Waals surface area contributed by atoms with E-state index in [1.54, 1.807) is 25.1 Å². The van der Waals surface area contributed by atoms with Gasteiger partial charge in [0.1, 0.15) is 11.6 Å². The van der Waals surface area contributed by atoms with Crippen LogP contribution in [-0.2, 0) is 36.2 Å². The molecule has 5 rings (SSSR count). The Labute approximate surface area is 269 Å². The SMILES string of the molecule is CCC1(CS(=O)(=O)N2CCC3(CCc4ccccc43)CC2)C(N2C(=O)NC(CNCC(=O)OC(C)(C)C)C2=O)CC(C)C1(C)C. The Morgan fingerprint density at radius 3 is 2.42 bits per heavy atom. The molecule has 4 aliphatic rings. The van der Waals surface area contributed by atoms with Gasteiger partial charge in [-0.05, 0) is 87.2 Å². The van der Waals surface area contributed by atoms with Crippen LogP contribution in [0, 0.1) is 16.7 Å². The number of urea groups is 1. The summed E-state index contributed by atoms with van der Waals surface area (Å²) in [5.41, 5.74) is 0.907. The number of ether oxygens (including phenoxy) is 1. The second kappa shape index (κ2) is 11.9. The molecule has 250 valence electrons. The summed E-state index contributed by atoms with van der Waals surface area (Å²) in [7, 11) is -3.71. The van der Waals surface area contributed by atoms with Crippen molar-refractivity contribution in [3.05, 3.63) is 35.4 Å². The molecule has 0 bridgehead atoms. The number of aryl methyl sites for hydroxylation is 1. The maximum atomic E-state index is 14.3. The quantitative estimate of drug-likeness (QED) is 0.308. The Kier molecular flexibility index (Phi) is 8.98. The lowest BCUT2D eigenvalue weighted by Crippen LogP contribution is -2.57. The zero-order valence-corrected chi connectivity index (χ0v) is 28.9. The number of sulfonamides is 1. The smallest absolute Gasteiger partial charge is 0.325 e. The number of esters is 1. The van der Waals surface area contributed by atoms with Gasteiger partial charge >= 0.3 is 12.0 Å². The number of amides is 3. The van der Waals surface area contributed by atoms with Gasteiger partial charge in [0.2, 0.25) is 10.0 Å². The largest absolute Gasteiger partial charge is 0.459 e. The van der Waals surface area contributed by atoms with Crippen molar-refractivity contribution in [3.8, 4) is 0 Å². The van der Waals surface area contributed by atoms with E-state index >= 15 is 0 Å². The third-order valence-electron chi connectivity index (χ3n) is 11.7. The lowest BCUT2D eigenvalue weighted by molar-refractivity contribution is -0.153. The van der Waals surface area contributed by atoms with Gasteiger partial charge in [-0.15, -0.1) is 0 Å². The molecular weight excluding hydrogens is 592 g/mol. The van der Waals surface area contributed by atoms with Crippen LogP contribution in [0.5, 0.6) is 0 Å². The minimum absolute atomic E-state index is 0.0430. The minimum atomic E-state index is -3.71. The number of fused-ring (bicyclic) bond motifs is 2. The molecule has 2 heterocycles. The van der Waals surface area contributed by atoms with E-state index in [9.17, 15) is 22.8 Å². The zero-order chi connectivity index (χ0) is 33.0. The molecule has 4 atom stereocenters. The lowest BCUT2D eigenvalue weighted by Gasteiger charge is -2.49. The highest BCUT2D eigenvalue weighted by Crippen LogP contribution is 2.60. The highest BCUT2D eigenvalue weighted by molar-refractivity contribution is 7.89. The van der Waals surface area contributed by atoms with Gasteiger partial charge in [0.25, 0.3) is 5.91 Å². The fraction of sp³-hybridized carbons (Fsp3) is 0.735. The maximum absolute atomic E-state index is 14.3. The average Bonchev–Trinajstić information content (AvgIpc) is 3.51. The molecule has 4 unspecified atom stereocenters. The predicted molar refractivity (Wildman–Crippen MR) is 173 cm³/mol. The number of benzene rings is 1. The number of piperidine rings is 1. The summed E-state index contributed by atoms with van der Waals surface area (Å²) in [5, 5.41) is 5.72. The molecule has 0 aromatic heterocycles. The van der Waals surface area contributed by atoms with Crippen LogP contribution in [0.3, 0.4) is 0 Å². The van der Waals surface area contributed by atoms with E-state index in [-0.39, 0.29) is 36.1 Å². The maximum Gasteiger partial charge on any atom is 0.325 e. The number of nitrogens with zero attached hydrogens (tertiary/aromatic N) is 2. The molecule has 1 spiro atoms. The van der Waals surface area contributed by atoms with Gasteiger partial charge in [-0.25, -0.2) is 17.5 Å². The van der Waals surface area contributed by atoms with Crippen LogP contribution in [0.4, 0.5) is 4.79 Å². The van der Waals surface area contributed by atoms with Crippen LogP contribution in [0.15, 0.2) is 24.3 Å². The number of imide groups is 1. The van der Waals surface area contributed by atoms with Gasteiger partial charge in [-0.2, -0.15) is 0 Å². The second-order valence-electron chi connectivity index (χ2n) is 15.4. The summed E-state index contributed by atoms with van der Waals surface area (Å²) in [6.07, 6.45) is 4.75. The molecule has 10 nitrogen and oxygen atoms in total. The summed E-state index contributed by atoms with van der Waals surface area (Å²) >= 11 is 0. The molecule has 1 aromatic rings. The first-order valence-electron chi connectivity index (χ1n) is 16.6. The van der Waals surface area contributed by atoms with Crippen molar-refractivity contribution in [2.24, 2.45) is 16.7 Å². The first-order valence-corrected chi connectivity index (χ1v) is 18.2. The fourth-order valence-electron chi connectivity index (χ4n) is 8.77. The van der Waals surface area contributed by atoms with E-state index < -0.39 is 50.5 Å². The van der Waals surface area contributed by atoms with Crippen molar-refractivity contribution < 1.29 is 27.5 Å². The van der Waals surface area contributed by atoms with Crippen molar-refractivity contribution >= 4 is 27.9 Å². The van der Waals surface area contributed by atoms with Crippen LogP contribution in [0.2, 0.25) is 0 Å². The summed E-state index contributed by atoms with van der Waals surface area (Å²) in [5.74, 6) is -0.858. The number of hydrogen-bond donors (Lipinski definition) is 2. The molecule has 45 heavy (non-hydrogen) atoms. The third kappa shape index (κ3) is 6.04. The fourth-order valence-corrected chi connectivity index (χ4v) is 11.1. The number of hydrogen-bond acceptors (Lipinski definition) is 7. The molecule has 2 aliphatic carbocycles. The Balaban J connectivity index is 1.32. The lowest BCUT2D eigenvalue weighted by atomic mass is 9.63. The first-order chi connectivity index (χ1) is 21.0. The highest BCUT2D eigenvalue weighted by Gasteiger charge is 2.64. The van der Waals surface area contributed by atoms with Crippen molar-refractivity contribution in [3.63, 3.8) is 0 Å². The predicted octanol–water partition coefficient (Wildman–Crippen LogP) is 3.98. The molecule has 2 saturated heterocycles. The Morgan fingerprint density at radius 2 is 1.78 bits per heavy atom. The summed E-state index contributed by atoms with van der Waals surface area (Å²) in [6.45, 7) is 14.5. The van der Waals surface area contributed by atoms with Crippen molar-refractivity contribution in [2.45, 2.75) is 110 Å². The molecule has 11 heteroatoms. The van der Waals surface area contributed by atoms with Gasteiger partial charge in [0, 0.05) is 31.1 Å². The third-order valence-corrected chi connectivity index (χ3v) is 13.8. The average molecular weight is 645 g/mol. The van der Waals surface area contributed by atoms with Crippen LogP contribution in [0.1, 0.15) is 91.7 Å². The van der Waals surface area contributed by atoms with Gasteiger partial charge in [0.15, 0.2) is 0 Å². The van der Waals surface area contributed by atoms with Gasteiger partial charge in [-0.1, -0.05) is 52.0 Å². The Morgan fingerprint density at radius 1 is 1.11 bits per heavy atom. The highest BCUT2D eigenvalue weighted by atomic mass is 32.2. The molecule has 1 aromatic carbocycles. The van der Waals surface area contributed by atoms with E-state index in [0.29, 0.717) is 25.9 Å². The molecule has 1 saturated carbocycles. The van der Waals surface area contributed by atoms with Crippen LogP contribution in [0.25, 0.3) is 0 Å². The van der Waals surface area contributed by atoms with E-state index in [1.807, 2.05) is 6.92 Å². The second-order valence-corrected chi connectivity index (χ2v) is 17.4. The number of nitrogens with one attached hydrogen (secondary N) is 2. The van der Waals surface area contributed by atoms with Gasteiger partial charge in [0.05, 0.1) is 12.3 Å². The van der Waals surface area contributed by atoms with E-state index in [0.717, 1.165) is 25.7 Å². The van der Waals surface area contributed by atoms with Gasteiger partial charge in [-0.3, -0.25) is 14.5 Å². The zero-order valence-electron chi connectivity index (χ0n) is 28.1. The normalized spacial score (nSPS) is 29.7. The summed E-state index contributed by atoms with van der Waals surface area (Å²) in [4.78, 5) is 40.6. The standard InChI is InChI=1S/C34H52N4O6S/c1-8-34(22-45(42,43)37-17-15-33(16-18-37)14-13-24-11-9-10-12-25(24)33)27(19-23(2)32(34,6)7)38-29(40)26(36-30(38)41)20-35-21-28(39)44-31(3,4)5/h9-12,23,26-27,35H,8,13-22H2,1-7H3,(H,36,41). The molecule has 2 N–H and O–H groups in total. The number of rotatable bonds is 9. The van der Waals surface area contributed by atoms with Gasteiger partial charge < -0.3 is 15.4 Å². The van der Waals surface area contributed by atoms with E-state index in [1.165, 1.54) is 16.0 Å². The molecule has 3 amide bonds.